The average Bonchev–Trinajstić information content (AvgIpc) is 2.47. The Kier molecular flexibility index (Phi) is 4.16. The van der Waals surface area contributed by atoms with Crippen LogP contribution in [0.5, 0.6) is 0 Å². The minimum absolute atomic E-state index is 0.0484. The third-order valence-electron chi connectivity index (χ3n) is 3.64. The molecule has 1 atom stereocenters. The summed E-state index contributed by atoms with van der Waals surface area (Å²) in [4.78, 5) is 0. The molecule has 106 valence electrons. The molecule has 3 aromatic rings. The van der Waals surface area contributed by atoms with Gasteiger partial charge in [0.15, 0.2) is 0 Å². The molecule has 0 saturated heterocycles. The zero-order valence-electron chi connectivity index (χ0n) is 11.6. The molecule has 0 aliphatic carbocycles. The molecular weight excluding hydrogens is 301 g/mol. The molecule has 0 heterocycles. The second-order valence-electron chi connectivity index (χ2n) is 4.99. The SMILES string of the molecule is CNC(c1cc(Cl)cc(Cl)c1)c1cccc2ccccc12. The Balaban J connectivity index is 2.18. The van der Waals surface area contributed by atoms with Crippen molar-refractivity contribution in [3.63, 3.8) is 0 Å². The summed E-state index contributed by atoms with van der Waals surface area (Å²) in [5.41, 5.74) is 2.28. The Morgan fingerprint density at radius 2 is 1.52 bits per heavy atom. The van der Waals surface area contributed by atoms with E-state index in [0.717, 1.165) is 5.56 Å². The molecule has 1 nitrogen and oxygen atoms in total. The molecule has 0 bridgehead atoms. The van der Waals surface area contributed by atoms with E-state index in [1.807, 2.05) is 19.2 Å². The summed E-state index contributed by atoms with van der Waals surface area (Å²) in [6, 6.07) is 20.4. The average molecular weight is 316 g/mol. The largest absolute Gasteiger partial charge is 0.309 e. The number of hydrogen-bond acceptors (Lipinski definition) is 1. The molecule has 0 aliphatic rings. The van der Waals surface area contributed by atoms with E-state index in [4.69, 9.17) is 23.2 Å². The predicted octanol–water partition coefficient (Wildman–Crippen LogP) is 5.46. The second kappa shape index (κ2) is 6.07. The third kappa shape index (κ3) is 2.91. The van der Waals surface area contributed by atoms with E-state index in [1.54, 1.807) is 6.07 Å². The topological polar surface area (TPSA) is 12.0 Å². The number of benzene rings is 3. The Morgan fingerprint density at radius 3 is 2.24 bits per heavy atom. The molecule has 3 rings (SSSR count). The minimum Gasteiger partial charge on any atom is -0.309 e. The molecule has 0 aromatic heterocycles. The first-order valence-electron chi connectivity index (χ1n) is 6.80. The van der Waals surface area contributed by atoms with Crippen LogP contribution in [0.2, 0.25) is 10.0 Å². The maximum Gasteiger partial charge on any atom is 0.0581 e. The van der Waals surface area contributed by atoms with E-state index in [-0.39, 0.29) is 6.04 Å². The fourth-order valence-corrected chi connectivity index (χ4v) is 3.29. The Bertz CT molecular complexity index is 758. The smallest absolute Gasteiger partial charge is 0.0581 e. The van der Waals surface area contributed by atoms with E-state index >= 15 is 0 Å². The number of nitrogens with one attached hydrogen (secondary N) is 1. The van der Waals surface area contributed by atoms with Gasteiger partial charge >= 0.3 is 0 Å². The lowest BCUT2D eigenvalue weighted by Gasteiger charge is -2.20. The van der Waals surface area contributed by atoms with E-state index in [0.29, 0.717) is 10.0 Å². The van der Waals surface area contributed by atoms with Crippen LogP contribution in [0.25, 0.3) is 10.8 Å². The quantitative estimate of drug-likeness (QED) is 0.677. The molecule has 0 aliphatic heterocycles. The number of halogens is 2. The lowest BCUT2D eigenvalue weighted by molar-refractivity contribution is 0.697. The molecule has 0 spiro atoms. The van der Waals surface area contributed by atoms with Crippen molar-refractivity contribution in [1.29, 1.82) is 0 Å². The highest BCUT2D eigenvalue weighted by molar-refractivity contribution is 6.34. The van der Waals surface area contributed by atoms with Crippen LogP contribution < -0.4 is 5.32 Å². The lowest BCUT2D eigenvalue weighted by Crippen LogP contribution is -2.18. The second-order valence-corrected chi connectivity index (χ2v) is 5.87. The third-order valence-corrected chi connectivity index (χ3v) is 4.08. The fraction of sp³-hybridized carbons (Fsp3) is 0.111. The molecule has 3 aromatic carbocycles. The first-order chi connectivity index (χ1) is 10.2. The highest BCUT2D eigenvalue weighted by Gasteiger charge is 2.15. The fourth-order valence-electron chi connectivity index (χ4n) is 2.75. The van der Waals surface area contributed by atoms with Gasteiger partial charge in [-0.3, -0.25) is 0 Å². The molecule has 1 unspecified atom stereocenters. The maximum atomic E-state index is 6.14. The van der Waals surface area contributed by atoms with Crippen LogP contribution in [0.4, 0.5) is 0 Å². The van der Waals surface area contributed by atoms with Crippen molar-refractivity contribution in [2.24, 2.45) is 0 Å². The van der Waals surface area contributed by atoms with Gasteiger partial charge in [-0.25, -0.2) is 0 Å². The van der Waals surface area contributed by atoms with Gasteiger partial charge in [-0.1, -0.05) is 65.7 Å². The Morgan fingerprint density at radius 1 is 0.857 bits per heavy atom. The minimum atomic E-state index is 0.0484. The van der Waals surface area contributed by atoms with Crippen LogP contribution in [0.15, 0.2) is 60.7 Å². The van der Waals surface area contributed by atoms with E-state index in [1.165, 1.54) is 16.3 Å². The number of rotatable bonds is 3. The standard InChI is InChI=1S/C18H15Cl2N/c1-21-18(13-9-14(19)11-15(20)10-13)17-8-4-6-12-5-2-3-7-16(12)17/h2-11,18,21H,1H3. The van der Waals surface area contributed by atoms with Crippen molar-refractivity contribution in [2.45, 2.75) is 6.04 Å². The van der Waals surface area contributed by atoms with E-state index in [9.17, 15) is 0 Å². The van der Waals surface area contributed by atoms with Gasteiger partial charge in [-0.15, -0.1) is 0 Å². The Labute approximate surface area is 134 Å². The van der Waals surface area contributed by atoms with Crippen LogP contribution in [0.1, 0.15) is 17.2 Å². The molecule has 0 fully saturated rings. The van der Waals surface area contributed by atoms with Crippen molar-refractivity contribution in [3.05, 3.63) is 81.8 Å². The van der Waals surface area contributed by atoms with Crippen molar-refractivity contribution in [2.75, 3.05) is 7.05 Å². The lowest BCUT2D eigenvalue weighted by atomic mass is 9.94. The molecule has 0 amide bonds. The van der Waals surface area contributed by atoms with Gasteiger partial charge in [0.05, 0.1) is 6.04 Å². The van der Waals surface area contributed by atoms with Crippen molar-refractivity contribution in [1.82, 2.24) is 5.32 Å². The molecule has 0 saturated carbocycles. The van der Waals surface area contributed by atoms with Gasteiger partial charge in [-0.05, 0) is 47.1 Å². The highest BCUT2D eigenvalue weighted by Crippen LogP contribution is 2.31. The molecule has 3 heteroatoms. The van der Waals surface area contributed by atoms with Crippen molar-refractivity contribution < 1.29 is 0 Å². The predicted molar refractivity (Wildman–Crippen MR) is 91.3 cm³/mol. The van der Waals surface area contributed by atoms with Gasteiger partial charge < -0.3 is 5.32 Å². The van der Waals surface area contributed by atoms with Crippen LogP contribution in [-0.2, 0) is 0 Å². The van der Waals surface area contributed by atoms with Crippen LogP contribution in [0.3, 0.4) is 0 Å². The molecule has 0 radical (unpaired) electrons. The first-order valence-corrected chi connectivity index (χ1v) is 7.55. The van der Waals surface area contributed by atoms with E-state index in [2.05, 4.69) is 47.8 Å². The summed E-state index contributed by atoms with van der Waals surface area (Å²) < 4.78 is 0. The first kappa shape index (κ1) is 14.4. The number of hydrogen-bond donors (Lipinski definition) is 1. The van der Waals surface area contributed by atoms with Gasteiger partial charge in [0.2, 0.25) is 0 Å². The van der Waals surface area contributed by atoms with Crippen molar-refractivity contribution >= 4 is 34.0 Å². The summed E-state index contributed by atoms with van der Waals surface area (Å²) in [5.74, 6) is 0. The van der Waals surface area contributed by atoms with Gasteiger partial charge in [0, 0.05) is 10.0 Å². The summed E-state index contributed by atoms with van der Waals surface area (Å²) in [7, 11) is 1.95. The maximum absolute atomic E-state index is 6.14. The molecule has 21 heavy (non-hydrogen) atoms. The zero-order valence-corrected chi connectivity index (χ0v) is 13.1. The summed E-state index contributed by atoms with van der Waals surface area (Å²) >= 11 is 12.3. The summed E-state index contributed by atoms with van der Waals surface area (Å²) in [6.45, 7) is 0. The van der Waals surface area contributed by atoms with Crippen LogP contribution >= 0.6 is 23.2 Å². The van der Waals surface area contributed by atoms with Gasteiger partial charge in [-0.2, -0.15) is 0 Å². The Hall–Kier alpha value is -1.54. The van der Waals surface area contributed by atoms with E-state index < -0.39 is 0 Å². The monoisotopic (exact) mass is 315 g/mol. The molecule has 1 N–H and O–H groups in total. The summed E-state index contributed by atoms with van der Waals surface area (Å²) in [5, 5.41) is 7.12. The van der Waals surface area contributed by atoms with Crippen LogP contribution in [-0.4, -0.2) is 7.05 Å². The summed E-state index contributed by atoms with van der Waals surface area (Å²) in [6.07, 6.45) is 0. The highest BCUT2D eigenvalue weighted by atomic mass is 35.5. The van der Waals surface area contributed by atoms with Crippen molar-refractivity contribution in [3.8, 4) is 0 Å². The number of fused-ring (bicyclic) bond motifs is 1. The zero-order chi connectivity index (χ0) is 14.8. The van der Waals surface area contributed by atoms with Gasteiger partial charge in [0.25, 0.3) is 0 Å². The molecular formula is C18H15Cl2N. The van der Waals surface area contributed by atoms with Gasteiger partial charge in [0.1, 0.15) is 0 Å². The van der Waals surface area contributed by atoms with Crippen LogP contribution in [0, 0.1) is 0 Å². The normalized spacial score (nSPS) is 12.5.